The molecule has 2 aromatic rings. The first-order chi connectivity index (χ1) is 11.7. The smallest absolute Gasteiger partial charge is 0.226 e. The van der Waals surface area contributed by atoms with Crippen LogP contribution in [0.15, 0.2) is 35.3 Å². The molecule has 1 unspecified atom stereocenters. The minimum absolute atomic E-state index is 0.233. The van der Waals surface area contributed by atoms with Gasteiger partial charge in [0.15, 0.2) is 5.82 Å². The van der Waals surface area contributed by atoms with Crippen molar-refractivity contribution in [3.05, 3.63) is 36.2 Å². The van der Waals surface area contributed by atoms with Crippen LogP contribution in [0.1, 0.15) is 18.3 Å². The fourth-order valence-electron chi connectivity index (χ4n) is 2.64. The van der Waals surface area contributed by atoms with Crippen LogP contribution in [0.2, 0.25) is 0 Å². The summed E-state index contributed by atoms with van der Waals surface area (Å²) in [4.78, 5) is 4.53. The van der Waals surface area contributed by atoms with Crippen LogP contribution in [0.5, 0.6) is 11.5 Å². The van der Waals surface area contributed by atoms with Crippen molar-refractivity contribution in [3.63, 3.8) is 0 Å². The van der Waals surface area contributed by atoms with Crippen molar-refractivity contribution in [1.29, 1.82) is 0 Å². The molecule has 0 radical (unpaired) electrons. The predicted octanol–water partition coefficient (Wildman–Crippen LogP) is 1.91. The molecule has 3 rings (SSSR count). The number of hydrogen-bond donors (Lipinski definition) is 1. The Kier molecular flexibility index (Phi) is 4.37. The highest BCUT2D eigenvalue weighted by molar-refractivity contribution is 5.88. The number of hydrogen-bond acceptors (Lipinski definition) is 7. The highest BCUT2D eigenvalue weighted by Crippen LogP contribution is 2.37. The second-order valence-electron chi connectivity index (χ2n) is 5.09. The molecule has 1 aromatic carbocycles. The van der Waals surface area contributed by atoms with Gasteiger partial charge in [0.2, 0.25) is 11.8 Å². The van der Waals surface area contributed by atoms with E-state index < -0.39 is 0 Å². The van der Waals surface area contributed by atoms with Gasteiger partial charge in [-0.15, -0.1) is 10.2 Å². The topological polar surface area (TPSA) is 96.8 Å². The fourth-order valence-corrected chi connectivity index (χ4v) is 2.64. The summed E-state index contributed by atoms with van der Waals surface area (Å²) < 4.78 is 17.8. The van der Waals surface area contributed by atoms with E-state index in [0.717, 1.165) is 0 Å². The molecule has 0 saturated heterocycles. The summed E-state index contributed by atoms with van der Waals surface area (Å²) in [5.41, 5.74) is 6.72. The van der Waals surface area contributed by atoms with Gasteiger partial charge in [-0.25, -0.2) is 4.99 Å². The maximum Gasteiger partial charge on any atom is 0.226 e. The van der Waals surface area contributed by atoms with Gasteiger partial charge in [-0.3, -0.25) is 4.57 Å². The number of para-hydroxylation sites is 1. The predicted molar refractivity (Wildman–Crippen MR) is 89.8 cm³/mol. The zero-order valence-corrected chi connectivity index (χ0v) is 13.8. The molecular formula is C16H19N5O3. The molecule has 1 aliphatic rings. The number of benzene rings is 1. The number of ether oxygens (including phenoxy) is 3. The summed E-state index contributed by atoms with van der Waals surface area (Å²) in [5.74, 6) is 2.56. The monoisotopic (exact) mass is 329 g/mol. The van der Waals surface area contributed by atoms with E-state index in [1.807, 2.05) is 30.4 Å². The third-order valence-corrected chi connectivity index (χ3v) is 3.75. The zero-order chi connectivity index (χ0) is 17.1. The van der Waals surface area contributed by atoms with Gasteiger partial charge < -0.3 is 19.9 Å². The van der Waals surface area contributed by atoms with Crippen molar-refractivity contribution >= 4 is 11.8 Å². The lowest BCUT2D eigenvalue weighted by atomic mass is 10.1. The summed E-state index contributed by atoms with van der Waals surface area (Å²) in [6.45, 7) is 0. The maximum absolute atomic E-state index is 6.07. The van der Waals surface area contributed by atoms with Gasteiger partial charge in [0, 0.05) is 0 Å². The highest BCUT2D eigenvalue weighted by Gasteiger charge is 2.26. The lowest BCUT2D eigenvalue weighted by molar-refractivity contribution is 0.389. The Morgan fingerprint density at radius 1 is 1.08 bits per heavy atom. The first-order valence-corrected chi connectivity index (χ1v) is 7.40. The van der Waals surface area contributed by atoms with E-state index in [1.165, 1.54) is 0 Å². The standard InChI is InChI=1S/C16H19N5O3/c1-22-11-7-5-8-12(23-2)14(11)21-15(19-20-16(21)17)10-6-4-9-13(18-10)24-3/h4-5,7-10H,6H2,1-3H3,(H2,17,20). The van der Waals surface area contributed by atoms with E-state index in [9.17, 15) is 0 Å². The second-order valence-corrected chi connectivity index (χ2v) is 5.09. The molecule has 2 heterocycles. The van der Waals surface area contributed by atoms with Gasteiger partial charge in [-0.1, -0.05) is 12.1 Å². The van der Waals surface area contributed by atoms with Gasteiger partial charge in [-0.05, 0) is 24.6 Å². The van der Waals surface area contributed by atoms with Crippen molar-refractivity contribution in [3.8, 4) is 17.2 Å². The number of nitrogen functional groups attached to an aromatic ring is 1. The summed E-state index contributed by atoms with van der Waals surface area (Å²) in [7, 11) is 4.75. The molecule has 0 saturated carbocycles. The summed E-state index contributed by atoms with van der Waals surface area (Å²) in [6.07, 6.45) is 4.47. The maximum atomic E-state index is 6.07. The van der Waals surface area contributed by atoms with E-state index in [2.05, 4.69) is 15.2 Å². The van der Waals surface area contributed by atoms with Gasteiger partial charge in [0.05, 0.1) is 21.3 Å². The van der Waals surface area contributed by atoms with Crippen LogP contribution in [-0.4, -0.2) is 42.0 Å². The van der Waals surface area contributed by atoms with Crippen LogP contribution >= 0.6 is 0 Å². The number of nitrogens with zero attached hydrogens (tertiary/aromatic N) is 4. The number of aromatic nitrogens is 3. The third-order valence-electron chi connectivity index (χ3n) is 3.75. The Hall–Kier alpha value is -3.03. The van der Waals surface area contributed by atoms with Gasteiger partial charge in [0.25, 0.3) is 0 Å². The Bertz CT molecular complexity index is 775. The molecule has 8 nitrogen and oxygen atoms in total. The van der Waals surface area contributed by atoms with Crippen LogP contribution in [0.25, 0.3) is 5.69 Å². The fraction of sp³-hybridized carbons (Fsp3) is 0.312. The van der Waals surface area contributed by atoms with Crippen LogP contribution < -0.4 is 15.2 Å². The molecule has 0 spiro atoms. The van der Waals surface area contributed by atoms with Crippen molar-refractivity contribution in [2.24, 2.45) is 4.99 Å². The molecule has 2 N–H and O–H groups in total. The van der Waals surface area contributed by atoms with Crippen molar-refractivity contribution in [1.82, 2.24) is 14.8 Å². The third kappa shape index (κ3) is 2.66. The van der Waals surface area contributed by atoms with Crippen molar-refractivity contribution in [2.45, 2.75) is 12.5 Å². The van der Waals surface area contributed by atoms with Crippen LogP contribution in [0, 0.1) is 0 Å². The quantitative estimate of drug-likeness (QED) is 0.920. The number of nitrogens with two attached hydrogens (primary N) is 1. The minimum atomic E-state index is -0.260. The molecule has 0 aliphatic carbocycles. The molecule has 8 heteroatoms. The van der Waals surface area contributed by atoms with E-state index in [-0.39, 0.29) is 12.0 Å². The Labute approximate surface area is 139 Å². The molecular weight excluding hydrogens is 310 g/mol. The Balaban J connectivity index is 2.16. The van der Waals surface area contributed by atoms with Gasteiger partial charge >= 0.3 is 0 Å². The first kappa shape index (κ1) is 15.9. The SMILES string of the molecule is COC1=NC(c2nnc(N)n2-c2c(OC)cccc2OC)CC=C1. The van der Waals surface area contributed by atoms with Gasteiger partial charge in [0.1, 0.15) is 23.2 Å². The number of rotatable bonds is 4. The van der Waals surface area contributed by atoms with Crippen LogP contribution in [0.4, 0.5) is 5.95 Å². The number of anilines is 1. The number of aliphatic imine (C=N–C) groups is 1. The molecule has 1 atom stereocenters. The summed E-state index contributed by atoms with van der Waals surface area (Å²) in [5, 5.41) is 8.23. The lowest BCUT2D eigenvalue weighted by Crippen LogP contribution is -2.14. The van der Waals surface area contributed by atoms with E-state index in [4.69, 9.17) is 19.9 Å². The highest BCUT2D eigenvalue weighted by atomic mass is 16.5. The summed E-state index contributed by atoms with van der Waals surface area (Å²) in [6, 6.07) is 5.23. The average molecular weight is 329 g/mol. The first-order valence-electron chi connectivity index (χ1n) is 7.40. The van der Waals surface area contributed by atoms with E-state index >= 15 is 0 Å². The largest absolute Gasteiger partial charge is 0.494 e. The Morgan fingerprint density at radius 3 is 2.42 bits per heavy atom. The number of methoxy groups -OCH3 is 3. The lowest BCUT2D eigenvalue weighted by Gasteiger charge is -2.19. The Morgan fingerprint density at radius 2 is 1.79 bits per heavy atom. The average Bonchev–Trinajstić information content (AvgIpc) is 3.02. The van der Waals surface area contributed by atoms with Crippen LogP contribution in [0.3, 0.4) is 0 Å². The molecule has 24 heavy (non-hydrogen) atoms. The molecule has 0 bridgehead atoms. The molecule has 126 valence electrons. The number of dihydropyridines is 1. The van der Waals surface area contributed by atoms with Gasteiger partial charge in [-0.2, -0.15) is 0 Å². The zero-order valence-electron chi connectivity index (χ0n) is 13.8. The van der Waals surface area contributed by atoms with Crippen LogP contribution in [-0.2, 0) is 4.74 Å². The second kappa shape index (κ2) is 6.61. The van der Waals surface area contributed by atoms with E-state index in [0.29, 0.717) is 35.3 Å². The molecule has 0 fully saturated rings. The van der Waals surface area contributed by atoms with Crippen molar-refractivity contribution in [2.75, 3.05) is 27.1 Å². The molecule has 1 aliphatic heterocycles. The summed E-state index contributed by atoms with van der Waals surface area (Å²) >= 11 is 0. The minimum Gasteiger partial charge on any atom is -0.494 e. The molecule has 1 aromatic heterocycles. The molecule has 0 amide bonds. The van der Waals surface area contributed by atoms with E-state index in [1.54, 1.807) is 25.9 Å². The van der Waals surface area contributed by atoms with Crippen molar-refractivity contribution < 1.29 is 14.2 Å². The normalized spacial score (nSPS) is 16.6.